The van der Waals surface area contributed by atoms with E-state index in [1.54, 1.807) is 7.11 Å². The number of hydrogen-bond acceptors (Lipinski definition) is 4. The number of nitrogens with one attached hydrogen (secondary N) is 1. The van der Waals surface area contributed by atoms with Crippen LogP contribution in [0, 0.1) is 0 Å². The Labute approximate surface area is 167 Å². The molecule has 0 aromatic heterocycles. The van der Waals surface area contributed by atoms with Crippen LogP contribution in [0.25, 0.3) is 0 Å². The highest BCUT2D eigenvalue weighted by Gasteiger charge is 2.31. The highest BCUT2D eigenvalue weighted by molar-refractivity contribution is 14.0. The van der Waals surface area contributed by atoms with Gasteiger partial charge in [-0.25, -0.2) is 0 Å². The average molecular weight is 488 g/mol. The Hall–Kier alpha value is -1.27. The second-order valence-electron chi connectivity index (χ2n) is 5.72. The topological polar surface area (TPSA) is 72.1 Å². The number of alkyl halides is 3. The lowest BCUT2D eigenvalue weighted by Crippen LogP contribution is -2.33. The third-order valence-corrected chi connectivity index (χ3v) is 3.68. The quantitative estimate of drug-likeness (QED) is 0.318. The highest BCUT2D eigenvalue weighted by atomic mass is 127. The molecule has 0 radical (unpaired) electrons. The van der Waals surface area contributed by atoms with Crippen molar-refractivity contribution in [3.8, 4) is 5.75 Å². The minimum absolute atomic E-state index is 0. The first kappa shape index (κ1) is 22.8. The van der Waals surface area contributed by atoms with Crippen LogP contribution in [0.5, 0.6) is 5.75 Å². The predicted octanol–water partition coefficient (Wildman–Crippen LogP) is 3.04. The highest BCUT2D eigenvalue weighted by Crippen LogP contribution is 2.26. The van der Waals surface area contributed by atoms with Crippen molar-refractivity contribution in [1.29, 1.82) is 0 Å². The third-order valence-electron chi connectivity index (χ3n) is 3.68. The lowest BCUT2D eigenvalue weighted by Gasteiger charge is -2.20. The maximum atomic E-state index is 12.1. The van der Waals surface area contributed by atoms with E-state index < -0.39 is 6.36 Å². The smallest absolute Gasteiger partial charge is 0.406 e. The normalized spacial score (nSPS) is 14.9. The van der Waals surface area contributed by atoms with Gasteiger partial charge in [-0.2, -0.15) is 0 Å². The standard InChI is InChI=1S/C16H23F3N4O2.HI/c1-24-11-10-23(13-4-5-13)9-8-21-15(20)22-12-2-6-14(7-3-12)25-16(17,18)19;/h2-3,6-7,13H,4-5,8-11H2,1H3,(H3,20,21,22);1H. The van der Waals surface area contributed by atoms with Crippen LogP contribution >= 0.6 is 24.0 Å². The van der Waals surface area contributed by atoms with Gasteiger partial charge >= 0.3 is 6.36 Å². The number of methoxy groups -OCH3 is 1. The summed E-state index contributed by atoms with van der Waals surface area (Å²) in [6.45, 7) is 2.87. The summed E-state index contributed by atoms with van der Waals surface area (Å²) in [5.74, 6) is -0.0706. The van der Waals surface area contributed by atoms with Crippen LogP contribution in [0.3, 0.4) is 0 Å². The molecule has 0 spiro atoms. The lowest BCUT2D eigenvalue weighted by molar-refractivity contribution is -0.274. The Kier molecular flexibility index (Phi) is 9.44. The fourth-order valence-electron chi connectivity index (χ4n) is 2.35. The van der Waals surface area contributed by atoms with E-state index in [-0.39, 0.29) is 35.7 Å². The van der Waals surface area contributed by atoms with Crippen LogP contribution in [-0.4, -0.2) is 56.6 Å². The number of benzene rings is 1. The summed E-state index contributed by atoms with van der Waals surface area (Å²) in [6, 6.07) is 5.92. The zero-order chi connectivity index (χ0) is 18.3. The largest absolute Gasteiger partial charge is 0.573 e. The van der Waals surface area contributed by atoms with Gasteiger partial charge in [-0.15, -0.1) is 37.1 Å². The SMILES string of the molecule is COCCN(CCN=C(N)Nc1ccc(OC(F)(F)F)cc1)C1CC1.I. The van der Waals surface area contributed by atoms with Gasteiger partial charge in [-0.1, -0.05) is 0 Å². The van der Waals surface area contributed by atoms with Gasteiger partial charge in [-0.3, -0.25) is 9.89 Å². The second kappa shape index (κ2) is 10.8. The Morgan fingerprint density at radius 3 is 2.46 bits per heavy atom. The first-order valence-corrected chi connectivity index (χ1v) is 8.03. The Bertz CT molecular complexity index is 566. The van der Waals surface area contributed by atoms with Crippen LogP contribution in [0.1, 0.15) is 12.8 Å². The van der Waals surface area contributed by atoms with Crippen molar-refractivity contribution in [1.82, 2.24) is 4.90 Å². The summed E-state index contributed by atoms with van der Waals surface area (Å²) in [6.07, 6.45) is -2.30. The molecule has 0 bridgehead atoms. The maximum Gasteiger partial charge on any atom is 0.573 e. The number of rotatable bonds is 9. The third kappa shape index (κ3) is 8.90. The van der Waals surface area contributed by atoms with E-state index in [2.05, 4.69) is 19.9 Å². The molecule has 1 aromatic rings. The molecule has 1 fully saturated rings. The molecule has 0 aliphatic heterocycles. The van der Waals surface area contributed by atoms with Crippen LogP contribution in [0.4, 0.5) is 18.9 Å². The molecule has 26 heavy (non-hydrogen) atoms. The van der Waals surface area contributed by atoms with Gasteiger partial charge in [0.15, 0.2) is 5.96 Å². The molecule has 6 nitrogen and oxygen atoms in total. The maximum absolute atomic E-state index is 12.1. The van der Waals surface area contributed by atoms with Crippen molar-refractivity contribution in [2.75, 3.05) is 38.7 Å². The van der Waals surface area contributed by atoms with Crippen molar-refractivity contribution >= 4 is 35.6 Å². The van der Waals surface area contributed by atoms with E-state index in [1.165, 1.54) is 37.1 Å². The van der Waals surface area contributed by atoms with Gasteiger partial charge in [0.05, 0.1) is 13.2 Å². The number of nitrogens with zero attached hydrogens (tertiary/aromatic N) is 2. The number of hydrogen-bond donors (Lipinski definition) is 2. The van der Waals surface area contributed by atoms with Gasteiger partial charge in [0.1, 0.15) is 5.75 Å². The molecular formula is C16H24F3IN4O2. The molecule has 2 rings (SSSR count). The van der Waals surface area contributed by atoms with E-state index in [9.17, 15) is 13.2 Å². The first-order chi connectivity index (χ1) is 11.9. The lowest BCUT2D eigenvalue weighted by atomic mass is 10.3. The molecule has 0 saturated heterocycles. The summed E-state index contributed by atoms with van der Waals surface area (Å²) in [5, 5.41) is 2.84. The fourth-order valence-corrected chi connectivity index (χ4v) is 2.35. The molecule has 1 aromatic carbocycles. The van der Waals surface area contributed by atoms with Crippen LogP contribution in [0.2, 0.25) is 0 Å². The number of anilines is 1. The van der Waals surface area contributed by atoms with E-state index in [0.29, 0.717) is 24.9 Å². The Morgan fingerprint density at radius 1 is 1.27 bits per heavy atom. The Morgan fingerprint density at radius 2 is 1.92 bits per heavy atom. The molecular weight excluding hydrogens is 464 g/mol. The molecule has 0 atom stereocenters. The number of guanidine groups is 1. The fraction of sp³-hybridized carbons (Fsp3) is 0.562. The number of nitrogens with two attached hydrogens (primary N) is 1. The van der Waals surface area contributed by atoms with Crippen LogP contribution < -0.4 is 15.8 Å². The zero-order valence-electron chi connectivity index (χ0n) is 14.5. The van der Waals surface area contributed by atoms with Crippen molar-refractivity contribution in [2.24, 2.45) is 10.7 Å². The summed E-state index contributed by atoms with van der Waals surface area (Å²) in [7, 11) is 1.68. The van der Waals surface area contributed by atoms with Crippen molar-refractivity contribution < 1.29 is 22.6 Å². The van der Waals surface area contributed by atoms with Gasteiger partial charge in [-0.05, 0) is 37.1 Å². The minimum Gasteiger partial charge on any atom is -0.406 e. The molecule has 0 unspecified atom stereocenters. The Balaban J connectivity index is 0.00000338. The number of ether oxygens (including phenoxy) is 2. The molecule has 1 saturated carbocycles. The monoisotopic (exact) mass is 488 g/mol. The van der Waals surface area contributed by atoms with Crippen molar-refractivity contribution in [2.45, 2.75) is 25.2 Å². The van der Waals surface area contributed by atoms with Gasteiger partial charge < -0.3 is 20.5 Å². The molecule has 0 amide bonds. The van der Waals surface area contributed by atoms with E-state index in [0.717, 1.165) is 13.1 Å². The summed E-state index contributed by atoms with van der Waals surface area (Å²) < 4.78 is 45.2. The molecule has 0 heterocycles. The average Bonchev–Trinajstić information content (AvgIpc) is 3.36. The molecule has 3 N–H and O–H groups in total. The van der Waals surface area contributed by atoms with Gasteiger partial charge in [0.25, 0.3) is 0 Å². The van der Waals surface area contributed by atoms with Crippen molar-refractivity contribution in [3.05, 3.63) is 24.3 Å². The molecule has 1 aliphatic carbocycles. The second-order valence-corrected chi connectivity index (χ2v) is 5.72. The van der Waals surface area contributed by atoms with Crippen LogP contribution in [0.15, 0.2) is 29.3 Å². The van der Waals surface area contributed by atoms with Crippen LogP contribution in [-0.2, 0) is 4.74 Å². The summed E-state index contributed by atoms with van der Waals surface area (Å²) in [5.41, 5.74) is 6.34. The van der Waals surface area contributed by atoms with Gasteiger partial charge in [0.2, 0.25) is 0 Å². The number of aliphatic imine (C=N–C) groups is 1. The number of halogens is 4. The summed E-state index contributed by atoms with van der Waals surface area (Å²) in [4.78, 5) is 6.57. The molecule has 148 valence electrons. The van der Waals surface area contributed by atoms with E-state index in [4.69, 9.17) is 10.5 Å². The summed E-state index contributed by atoms with van der Waals surface area (Å²) >= 11 is 0. The zero-order valence-corrected chi connectivity index (χ0v) is 16.8. The predicted molar refractivity (Wildman–Crippen MR) is 105 cm³/mol. The minimum atomic E-state index is -4.70. The van der Waals surface area contributed by atoms with E-state index in [1.807, 2.05) is 0 Å². The van der Waals surface area contributed by atoms with E-state index >= 15 is 0 Å². The first-order valence-electron chi connectivity index (χ1n) is 8.03. The van der Waals surface area contributed by atoms with Crippen molar-refractivity contribution in [3.63, 3.8) is 0 Å². The molecule has 1 aliphatic rings. The van der Waals surface area contributed by atoms with Gasteiger partial charge in [0, 0.05) is 31.9 Å². The molecule has 10 heteroatoms.